The number of aromatic nitrogens is 1. The van der Waals surface area contributed by atoms with E-state index in [1.54, 1.807) is 12.1 Å². The quantitative estimate of drug-likeness (QED) is 0.529. The van der Waals surface area contributed by atoms with E-state index in [9.17, 15) is 0 Å². The average Bonchev–Trinajstić information content (AvgIpc) is 2.03. The minimum atomic E-state index is 0.349. The summed E-state index contributed by atoms with van der Waals surface area (Å²) in [5, 5.41) is 8.60. The van der Waals surface area contributed by atoms with Gasteiger partial charge in [-0.1, -0.05) is 11.6 Å². The molecule has 1 aromatic rings. The first-order chi connectivity index (χ1) is 5.74. The van der Waals surface area contributed by atoms with Crippen molar-refractivity contribution in [3.8, 4) is 6.07 Å². The van der Waals surface area contributed by atoms with Crippen LogP contribution in [0.3, 0.4) is 0 Å². The van der Waals surface area contributed by atoms with Crippen LogP contribution in [0.5, 0.6) is 0 Å². The fourth-order valence-electron chi connectivity index (χ4n) is 0.721. The minimum Gasteiger partial charge on any atom is -0.398 e. The molecular weight excluding hydrogens is 174 g/mol. The number of nitrogens with two attached hydrogens (primary N) is 1. The first-order valence-corrected chi connectivity index (χ1v) is 3.59. The summed E-state index contributed by atoms with van der Waals surface area (Å²) in [5.74, 6) is 0. The second kappa shape index (κ2) is 3.74. The highest BCUT2D eigenvalue weighted by Crippen LogP contribution is 2.15. The zero-order valence-corrected chi connectivity index (χ0v) is 6.92. The molecule has 0 aliphatic rings. The molecule has 12 heavy (non-hydrogen) atoms. The number of hydrogen-bond donors (Lipinski definition) is 1. The van der Waals surface area contributed by atoms with Crippen LogP contribution in [0.2, 0.25) is 5.15 Å². The van der Waals surface area contributed by atoms with E-state index in [1.807, 2.05) is 6.07 Å². The number of nitrogens with zero attached hydrogens (tertiary/aromatic N) is 2. The molecule has 0 spiro atoms. The molecule has 0 aliphatic heterocycles. The molecule has 0 atom stereocenters. The number of anilines is 1. The van der Waals surface area contributed by atoms with Gasteiger partial charge < -0.3 is 5.73 Å². The Morgan fingerprint density at radius 1 is 1.67 bits per heavy atom. The molecule has 1 rings (SSSR count). The van der Waals surface area contributed by atoms with Crippen LogP contribution in [0.4, 0.5) is 5.69 Å². The van der Waals surface area contributed by atoms with Crippen LogP contribution in [0, 0.1) is 11.3 Å². The molecule has 0 aliphatic carbocycles. The van der Waals surface area contributed by atoms with Gasteiger partial charge in [0.25, 0.3) is 0 Å². The Labute approximate surface area is 75.1 Å². The van der Waals surface area contributed by atoms with Gasteiger partial charge in [-0.15, -0.1) is 0 Å². The number of hydrogen-bond acceptors (Lipinski definition) is 3. The third-order valence-corrected chi connectivity index (χ3v) is 1.48. The van der Waals surface area contributed by atoms with E-state index in [0.717, 1.165) is 0 Å². The van der Waals surface area contributed by atoms with Crippen LogP contribution >= 0.6 is 11.6 Å². The Morgan fingerprint density at radius 2 is 2.42 bits per heavy atom. The fraction of sp³-hybridized carbons (Fsp3) is 0. The molecule has 2 N–H and O–H groups in total. The molecule has 0 bridgehead atoms. The largest absolute Gasteiger partial charge is 0.398 e. The molecule has 0 aromatic carbocycles. The highest BCUT2D eigenvalue weighted by Gasteiger charge is 1.95. The van der Waals surface area contributed by atoms with Gasteiger partial charge in [-0.2, -0.15) is 5.26 Å². The predicted octanol–water partition coefficient (Wildman–Crippen LogP) is 1.85. The summed E-state index contributed by atoms with van der Waals surface area (Å²) >= 11 is 5.57. The molecule has 60 valence electrons. The van der Waals surface area contributed by atoms with Crippen LogP contribution in [0.1, 0.15) is 5.56 Å². The van der Waals surface area contributed by atoms with E-state index < -0.39 is 0 Å². The second-order valence-electron chi connectivity index (χ2n) is 2.10. The summed E-state index contributed by atoms with van der Waals surface area (Å²) in [7, 11) is 0. The Kier molecular flexibility index (Phi) is 2.67. The van der Waals surface area contributed by atoms with Crippen molar-refractivity contribution in [1.82, 2.24) is 4.98 Å². The standard InChI is InChI=1S/C8H6ClN3/c9-8-4-7(11)6(5-12-8)2-1-3-10/h1-2,4-5H,(H2,11,12)/b2-1+. The average molecular weight is 180 g/mol. The molecule has 0 radical (unpaired) electrons. The maximum atomic E-state index is 8.25. The first kappa shape index (κ1) is 8.57. The number of nitriles is 1. The van der Waals surface area contributed by atoms with Gasteiger partial charge in [0, 0.05) is 23.5 Å². The van der Waals surface area contributed by atoms with E-state index in [0.29, 0.717) is 16.4 Å². The summed E-state index contributed by atoms with van der Waals surface area (Å²) < 4.78 is 0. The summed E-state index contributed by atoms with van der Waals surface area (Å²) in [4.78, 5) is 3.82. The van der Waals surface area contributed by atoms with Gasteiger partial charge in [-0.3, -0.25) is 0 Å². The number of pyridine rings is 1. The Bertz CT molecular complexity index is 352. The van der Waals surface area contributed by atoms with E-state index in [2.05, 4.69) is 4.98 Å². The van der Waals surface area contributed by atoms with Gasteiger partial charge in [0.2, 0.25) is 0 Å². The normalized spacial score (nSPS) is 10.0. The van der Waals surface area contributed by atoms with Crippen molar-refractivity contribution in [2.75, 3.05) is 5.73 Å². The lowest BCUT2D eigenvalue weighted by Gasteiger charge is -1.97. The number of halogens is 1. The lowest BCUT2D eigenvalue weighted by molar-refractivity contribution is 1.32. The van der Waals surface area contributed by atoms with Crippen molar-refractivity contribution in [3.05, 3.63) is 29.1 Å². The highest BCUT2D eigenvalue weighted by atomic mass is 35.5. The summed E-state index contributed by atoms with van der Waals surface area (Å²) in [6, 6.07) is 3.40. The van der Waals surface area contributed by atoms with E-state index in [4.69, 9.17) is 22.6 Å². The third-order valence-electron chi connectivity index (χ3n) is 1.27. The van der Waals surface area contributed by atoms with Gasteiger partial charge in [0.1, 0.15) is 5.15 Å². The SMILES string of the molecule is N#C/C=C/c1cnc(Cl)cc1N. The number of allylic oxidation sites excluding steroid dienone is 1. The molecular formula is C8H6ClN3. The Hall–Kier alpha value is -1.53. The summed E-state index contributed by atoms with van der Waals surface area (Å²) in [6.07, 6.45) is 4.44. The number of nitrogen functional groups attached to an aromatic ring is 1. The summed E-state index contributed by atoms with van der Waals surface area (Å²) in [5.41, 5.74) is 6.79. The van der Waals surface area contributed by atoms with Crippen LogP contribution in [-0.2, 0) is 0 Å². The highest BCUT2D eigenvalue weighted by molar-refractivity contribution is 6.29. The zero-order chi connectivity index (χ0) is 8.97. The molecule has 0 saturated heterocycles. The van der Waals surface area contributed by atoms with Crippen molar-refractivity contribution in [1.29, 1.82) is 5.26 Å². The molecule has 0 fully saturated rings. The van der Waals surface area contributed by atoms with Gasteiger partial charge >= 0.3 is 0 Å². The smallest absolute Gasteiger partial charge is 0.131 e. The Balaban J connectivity index is 3.03. The van der Waals surface area contributed by atoms with Crippen molar-refractivity contribution >= 4 is 23.4 Å². The van der Waals surface area contributed by atoms with Crippen LogP contribution in [-0.4, -0.2) is 4.98 Å². The van der Waals surface area contributed by atoms with E-state index in [-0.39, 0.29) is 0 Å². The van der Waals surface area contributed by atoms with E-state index in [1.165, 1.54) is 12.3 Å². The lowest BCUT2D eigenvalue weighted by Crippen LogP contribution is -1.90. The maximum Gasteiger partial charge on any atom is 0.131 e. The molecule has 3 nitrogen and oxygen atoms in total. The van der Waals surface area contributed by atoms with Crippen molar-refractivity contribution in [2.45, 2.75) is 0 Å². The molecule has 1 aromatic heterocycles. The zero-order valence-electron chi connectivity index (χ0n) is 6.16. The van der Waals surface area contributed by atoms with Crippen molar-refractivity contribution in [3.63, 3.8) is 0 Å². The topological polar surface area (TPSA) is 62.7 Å². The lowest BCUT2D eigenvalue weighted by atomic mass is 10.2. The first-order valence-electron chi connectivity index (χ1n) is 3.21. The van der Waals surface area contributed by atoms with E-state index >= 15 is 0 Å². The van der Waals surface area contributed by atoms with Crippen LogP contribution in [0.15, 0.2) is 18.3 Å². The second-order valence-corrected chi connectivity index (χ2v) is 2.49. The molecule has 4 heteroatoms. The monoisotopic (exact) mass is 179 g/mol. The maximum absolute atomic E-state index is 8.25. The van der Waals surface area contributed by atoms with Crippen LogP contribution in [0.25, 0.3) is 6.08 Å². The fourth-order valence-corrected chi connectivity index (χ4v) is 0.887. The molecule has 0 amide bonds. The van der Waals surface area contributed by atoms with Gasteiger partial charge in [0.15, 0.2) is 0 Å². The van der Waals surface area contributed by atoms with Gasteiger partial charge in [-0.25, -0.2) is 4.98 Å². The molecule has 0 saturated carbocycles. The van der Waals surface area contributed by atoms with Gasteiger partial charge in [0.05, 0.1) is 6.07 Å². The van der Waals surface area contributed by atoms with Crippen molar-refractivity contribution < 1.29 is 0 Å². The number of rotatable bonds is 1. The summed E-state index contributed by atoms with van der Waals surface area (Å²) in [6.45, 7) is 0. The Morgan fingerprint density at radius 3 is 3.00 bits per heavy atom. The van der Waals surface area contributed by atoms with Gasteiger partial charge in [-0.05, 0) is 12.1 Å². The minimum absolute atomic E-state index is 0.349. The van der Waals surface area contributed by atoms with Crippen molar-refractivity contribution in [2.24, 2.45) is 0 Å². The molecule has 0 unspecified atom stereocenters. The third kappa shape index (κ3) is 1.97. The molecule has 1 heterocycles. The predicted molar refractivity (Wildman–Crippen MR) is 48.3 cm³/mol. The van der Waals surface area contributed by atoms with Crippen LogP contribution < -0.4 is 5.73 Å².